The predicted octanol–water partition coefficient (Wildman–Crippen LogP) is 1.13. The summed E-state index contributed by atoms with van der Waals surface area (Å²) in [6, 6.07) is 3.90. The summed E-state index contributed by atoms with van der Waals surface area (Å²) in [5.41, 5.74) is 0.194. The normalized spacial score (nSPS) is 22.4. The zero-order valence-electron chi connectivity index (χ0n) is 11.7. The smallest absolute Gasteiger partial charge is 0.335 e. The van der Waals surface area contributed by atoms with E-state index in [1.165, 1.54) is 25.1 Å². The fraction of sp³-hybridized carbons (Fsp3) is 0.500. The van der Waals surface area contributed by atoms with Crippen molar-refractivity contribution in [3.05, 3.63) is 29.3 Å². The topological polar surface area (TPSA) is 104 Å². The highest BCUT2D eigenvalue weighted by molar-refractivity contribution is 7.89. The minimum Gasteiger partial charge on any atom is -0.478 e. The minimum atomic E-state index is -3.80. The molecule has 7 heteroatoms. The summed E-state index contributed by atoms with van der Waals surface area (Å²) in [4.78, 5) is 11.1. The summed E-state index contributed by atoms with van der Waals surface area (Å²) in [6.07, 6.45) is 2.34. The number of hydrogen-bond donors (Lipinski definition) is 3. The van der Waals surface area contributed by atoms with Gasteiger partial charge in [0.2, 0.25) is 10.0 Å². The van der Waals surface area contributed by atoms with Gasteiger partial charge < -0.3 is 10.2 Å². The first-order valence-corrected chi connectivity index (χ1v) is 8.31. The van der Waals surface area contributed by atoms with E-state index in [2.05, 4.69) is 4.72 Å². The molecule has 6 nitrogen and oxygen atoms in total. The number of aliphatic hydroxyl groups is 1. The first-order valence-electron chi connectivity index (χ1n) is 6.83. The van der Waals surface area contributed by atoms with Crippen LogP contribution in [0.5, 0.6) is 0 Å². The summed E-state index contributed by atoms with van der Waals surface area (Å²) >= 11 is 0. The summed E-state index contributed by atoms with van der Waals surface area (Å²) in [5, 5.41) is 18.3. The monoisotopic (exact) mass is 313 g/mol. The molecule has 1 aromatic rings. The molecule has 1 aliphatic carbocycles. The van der Waals surface area contributed by atoms with Crippen LogP contribution in [0.2, 0.25) is 0 Å². The van der Waals surface area contributed by atoms with Crippen molar-refractivity contribution >= 4 is 16.0 Å². The molecule has 0 amide bonds. The van der Waals surface area contributed by atoms with Crippen LogP contribution in [0.15, 0.2) is 23.1 Å². The predicted molar refractivity (Wildman–Crippen MR) is 76.7 cm³/mol. The van der Waals surface area contributed by atoms with Gasteiger partial charge in [-0.05, 0) is 43.4 Å². The Bertz CT molecular complexity index is 641. The Balaban J connectivity index is 2.32. The van der Waals surface area contributed by atoms with E-state index in [1.54, 1.807) is 0 Å². The maximum Gasteiger partial charge on any atom is 0.335 e. The van der Waals surface area contributed by atoms with Crippen molar-refractivity contribution in [2.75, 3.05) is 6.61 Å². The number of benzene rings is 1. The molecule has 2 rings (SSSR count). The zero-order chi connectivity index (χ0) is 15.6. The number of rotatable bonds is 5. The van der Waals surface area contributed by atoms with E-state index in [4.69, 9.17) is 5.11 Å². The van der Waals surface area contributed by atoms with Gasteiger partial charge in [-0.25, -0.2) is 17.9 Å². The fourth-order valence-corrected chi connectivity index (χ4v) is 4.42. The van der Waals surface area contributed by atoms with Gasteiger partial charge in [-0.15, -0.1) is 0 Å². The number of carbonyl (C=O) groups is 1. The molecule has 1 saturated carbocycles. The molecule has 0 heterocycles. The second kappa shape index (κ2) is 6.13. The lowest BCUT2D eigenvalue weighted by molar-refractivity contribution is 0.0696. The molecule has 3 N–H and O–H groups in total. The third kappa shape index (κ3) is 3.25. The van der Waals surface area contributed by atoms with Gasteiger partial charge in [0.25, 0.3) is 0 Å². The molecule has 1 aromatic carbocycles. The van der Waals surface area contributed by atoms with Gasteiger partial charge in [0.15, 0.2) is 0 Å². The number of carboxylic acid groups (broad SMARTS) is 1. The van der Waals surface area contributed by atoms with E-state index in [1.807, 2.05) is 0 Å². The molecule has 0 aromatic heterocycles. The molecular weight excluding hydrogens is 294 g/mol. The highest BCUT2D eigenvalue weighted by Gasteiger charge is 2.31. The molecule has 0 saturated heterocycles. The Hall–Kier alpha value is -1.44. The van der Waals surface area contributed by atoms with Crippen molar-refractivity contribution in [3.63, 3.8) is 0 Å². The fourth-order valence-electron chi connectivity index (χ4n) is 2.81. The quantitative estimate of drug-likeness (QED) is 0.756. The van der Waals surface area contributed by atoms with Crippen molar-refractivity contribution in [1.29, 1.82) is 0 Å². The number of aromatic carboxylic acids is 1. The average molecular weight is 313 g/mol. The van der Waals surface area contributed by atoms with Crippen LogP contribution < -0.4 is 4.72 Å². The first kappa shape index (κ1) is 15.9. The lowest BCUT2D eigenvalue weighted by atomic mass is 10.1. The Morgan fingerprint density at radius 3 is 2.71 bits per heavy atom. The van der Waals surface area contributed by atoms with E-state index >= 15 is 0 Å². The lowest BCUT2D eigenvalue weighted by Crippen LogP contribution is -2.38. The van der Waals surface area contributed by atoms with Crippen LogP contribution in [-0.2, 0) is 10.0 Å². The SMILES string of the molecule is Cc1c(C(=O)O)cccc1S(=O)(=O)NC1CCCC1CO. The first-order chi connectivity index (χ1) is 9.86. The molecule has 1 aliphatic rings. The maximum atomic E-state index is 12.5. The van der Waals surface area contributed by atoms with Crippen molar-refractivity contribution < 1.29 is 23.4 Å². The third-order valence-electron chi connectivity index (χ3n) is 4.00. The van der Waals surface area contributed by atoms with E-state index in [0.29, 0.717) is 6.42 Å². The Labute approximate surface area is 123 Å². The van der Waals surface area contributed by atoms with Gasteiger partial charge in [-0.3, -0.25) is 0 Å². The summed E-state index contributed by atoms with van der Waals surface area (Å²) in [5.74, 6) is -1.23. The number of sulfonamides is 1. The van der Waals surface area contributed by atoms with Crippen LogP contribution >= 0.6 is 0 Å². The molecule has 2 atom stereocenters. The highest BCUT2D eigenvalue weighted by Crippen LogP contribution is 2.27. The molecule has 1 fully saturated rings. The second-order valence-electron chi connectivity index (χ2n) is 5.34. The van der Waals surface area contributed by atoms with Crippen molar-refractivity contribution in [3.8, 4) is 0 Å². The number of nitrogens with one attached hydrogen (secondary N) is 1. The number of hydrogen-bond acceptors (Lipinski definition) is 4. The second-order valence-corrected chi connectivity index (χ2v) is 7.02. The van der Waals surface area contributed by atoms with Gasteiger partial charge in [-0.2, -0.15) is 0 Å². The van der Waals surface area contributed by atoms with Crippen LogP contribution in [0.25, 0.3) is 0 Å². The molecule has 2 unspecified atom stereocenters. The van der Waals surface area contributed by atoms with Crippen LogP contribution in [0.1, 0.15) is 35.2 Å². The van der Waals surface area contributed by atoms with Gasteiger partial charge in [0.05, 0.1) is 10.5 Å². The zero-order valence-corrected chi connectivity index (χ0v) is 12.6. The van der Waals surface area contributed by atoms with Gasteiger partial charge in [0.1, 0.15) is 0 Å². The van der Waals surface area contributed by atoms with Gasteiger partial charge in [-0.1, -0.05) is 12.5 Å². The van der Waals surface area contributed by atoms with E-state index in [-0.39, 0.29) is 34.6 Å². The number of aliphatic hydroxyl groups excluding tert-OH is 1. The molecule has 0 bridgehead atoms. The lowest BCUT2D eigenvalue weighted by Gasteiger charge is -2.20. The molecule has 0 spiro atoms. The van der Waals surface area contributed by atoms with Crippen molar-refractivity contribution in [2.45, 2.75) is 37.1 Å². The molecule has 116 valence electrons. The highest BCUT2D eigenvalue weighted by atomic mass is 32.2. The van der Waals surface area contributed by atoms with Crippen LogP contribution in [0.3, 0.4) is 0 Å². The molecule has 0 radical (unpaired) electrons. The Kier molecular flexibility index (Phi) is 4.65. The van der Waals surface area contributed by atoms with Gasteiger partial charge >= 0.3 is 5.97 Å². The van der Waals surface area contributed by atoms with E-state index < -0.39 is 16.0 Å². The maximum absolute atomic E-state index is 12.5. The summed E-state index contributed by atoms with van der Waals surface area (Å²) < 4.78 is 27.5. The summed E-state index contributed by atoms with van der Waals surface area (Å²) in [6.45, 7) is 1.43. The molecular formula is C14H19NO5S. The van der Waals surface area contributed by atoms with E-state index in [9.17, 15) is 18.3 Å². The van der Waals surface area contributed by atoms with Crippen LogP contribution in [0.4, 0.5) is 0 Å². The largest absolute Gasteiger partial charge is 0.478 e. The summed E-state index contributed by atoms with van der Waals surface area (Å²) in [7, 11) is -3.80. The van der Waals surface area contributed by atoms with Crippen LogP contribution in [0, 0.1) is 12.8 Å². The Morgan fingerprint density at radius 2 is 2.10 bits per heavy atom. The van der Waals surface area contributed by atoms with Gasteiger partial charge in [0, 0.05) is 12.6 Å². The average Bonchev–Trinajstić information content (AvgIpc) is 2.84. The van der Waals surface area contributed by atoms with E-state index in [0.717, 1.165) is 12.8 Å². The standard InChI is InChI=1S/C14H19NO5S/c1-9-11(14(17)18)5-3-7-13(9)21(19,20)15-12-6-2-4-10(12)8-16/h3,5,7,10,12,15-16H,2,4,6,8H2,1H3,(H,17,18). The van der Waals surface area contributed by atoms with Crippen molar-refractivity contribution in [1.82, 2.24) is 4.72 Å². The number of carboxylic acids is 1. The van der Waals surface area contributed by atoms with Crippen LogP contribution in [-0.4, -0.2) is 37.2 Å². The molecule has 0 aliphatic heterocycles. The minimum absolute atomic E-state index is 0.0222. The van der Waals surface area contributed by atoms with Crippen molar-refractivity contribution in [2.24, 2.45) is 5.92 Å². The Morgan fingerprint density at radius 1 is 1.38 bits per heavy atom. The third-order valence-corrected chi connectivity index (χ3v) is 5.64. The molecule has 21 heavy (non-hydrogen) atoms.